The highest BCUT2D eigenvalue weighted by Gasteiger charge is 2.32. The Morgan fingerprint density at radius 2 is 1.94 bits per heavy atom. The molecule has 0 bridgehead atoms. The first-order valence-corrected chi connectivity index (χ1v) is 9.98. The molecule has 1 aromatic carbocycles. The highest BCUT2D eigenvalue weighted by molar-refractivity contribution is 6.14. The summed E-state index contributed by atoms with van der Waals surface area (Å²) < 4.78 is 57.3. The molecular weight excluding hydrogens is 426 g/mol. The topological polar surface area (TPSA) is 54.8 Å². The first kappa shape index (κ1) is 25.0. The maximum absolute atomic E-state index is 14.0. The summed E-state index contributed by atoms with van der Waals surface area (Å²) >= 11 is 0. The molecule has 0 aliphatic rings. The van der Waals surface area contributed by atoms with Gasteiger partial charge in [0, 0.05) is 31.6 Å². The lowest BCUT2D eigenvalue weighted by molar-refractivity contribution is -0.138. The van der Waals surface area contributed by atoms with Gasteiger partial charge in [0.15, 0.2) is 5.82 Å². The molecule has 0 fully saturated rings. The van der Waals surface area contributed by atoms with Crippen molar-refractivity contribution in [2.75, 3.05) is 20.2 Å². The predicted molar refractivity (Wildman–Crippen MR) is 115 cm³/mol. The standard InChI is InChI=1S/C23H25F4N3O2/c1-5-16(12-28-4)18-9-7-8-10-19(18)22(31)30(6-2)15(3)14-32-21-20(24)11-17(13-29-21)23(25,26)27/h5,7-13,15H,6,14H2,1-4H3/b16-5+,28-12-. The van der Waals surface area contributed by atoms with Gasteiger partial charge in [0.25, 0.3) is 5.91 Å². The number of carbonyl (C=O) groups excluding carboxylic acids is 1. The normalized spacial score (nSPS) is 13.3. The van der Waals surface area contributed by atoms with E-state index in [1.54, 1.807) is 39.2 Å². The minimum absolute atomic E-state index is 0.149. The molecule has 1 heterocycles. The minimum Gasteiger partial charge on any atom is -0.473 e. The molecule has 0 aliphatic heterocycles. The number of allylic oxidation sites excluding steroid dienone is 2. The Kier molecular flexibility index (Phi) is 8.51. The number of benzene rings is 1. The third kappa shape index (κ3) is 5.93. The van der Waals surface area contributed by atoms with Crippen LogP contribution in [0.2, 0.25) is 0 Å². The van der Waals surface area contributed by atoms with Crippen LogP contribution in [0.1, 0.15) is 42.3 Å². The summed E-state index contributed by atoms with van der Waals surface area (Å²) in [6, 6.07) is 6.93. The Morgan fingerprint density at radius 1 is 1.28 bits per heavy atom. The van der Waals surface area contributed by atoms with Gasteiger partial charge >= 0.3 is 6.18 Å². The maximum Gasteiger partial charge on any atom is 0.417 e. The molecule has 1 unspecified atom stereocenters. The van der Waals surface area contributed by atoms with Gasteiger partial charge in [-0.3, -0.25) is 9.79 Å². The molecule has 2 rings (SSSR count). The number of aromatic nitrogens is 1. The van der Waals surface area contributed by atoms with E-state index in [0.29, 0.717) is 29.9 Å². The molecule has 0 spiro atoms. The van der Waals surface area contributed by atoms with Crippen molar-refractivity contribution in [1.82, 2.24) is 9.88 Å². The molecule has 172 valence electrons. The average molecular weight is 451 g/mol. The van der Waals surface area contributed by atoms with Crippen LogP contribution in [0.4, 0.5) is 17.6 Å². The maximum atomic E-state index is 14.0. The number of halogens is 4. The van der Waals surface area contributed by atoms with E-state index >= 15 is 0 Å². The Labute approximate surface area is 184 Å². The molecule has 1 amide bonds. The van der Waals surface area contributed by atoms with Gasteiger partial charge in [-0.2, -0.15) is 13.2 Å². The average Bonchev–Trinajstić information content (AvgIpc) is 2.76. The number of carbonyl (C=O) groups is 1. The summed E-state index contributed by atoms with van der Waals surface area (Å²) in [5.41, 5.74) is 0.765. The molecule has 32 heavy (non-hydrogen) atoms. The third-order valence-corrected chi connectivity index (χ3v) is 4.78. The van der Waals surface area contributed by atoms with Crippen molar-refractivity contribution in [3.63, 3.8) is 0 Å². The Balaban J connectivity index is 2.21. The second kappa shape index (κ2) is 10.9. The van der Waals surface area contributed by atoms with Crippen molar-refractivity contribution in [2.45, 2.75) is 33.0 Å². The molecule has 0 radical (unpaired) electrons. The third-order valence-electron chi connectivity index (χ3n) is 4.78. The zero-order valence-electron chi connectivity index (χ0n) is 18.3. The van der Waals surface area contributed by atoms with Gasteiger partial charge in [-0.1, -0.05) is 24.3 Å². The molecule has 1 aromatic heterocycles. The van der Waals surface area contributed by atoms with Gasteiger partial charge < -0.3 is 9.64 Å². The first-order valence-electron chi connectivity index (χ1n) is 9.98. The van der Waals surface area contributed by atoms with Crippen LogP contribution in [0.15, 0.2) is 47.6 Å². The van der Waals surface area contributed by atoms with Crippen LogP contribution in [-0.2, 0) is 6.18 Å². The fraction of sp³-hybridized carbons (Fsp3) is 0.348. The Bertz CT molecular complexity index is 1000. The zero-order valence-corrected chi connectivity index (χ0v) is 18.3. The molecule has 0 N–H and O–H groups in total. The Hall–Kier alpha value is -3.23. The molecular formula is C23H25F4N3O2. The minimum atomic E-state index is -4.70. The van der Waals surface area contributed by atoms with Gasteiger partial charge in [0.1, 0.15) is 6.61 Å². The number of nitrogens with zero attached hydrogens (tertiary/aromatic N) is 3. The van der Waals surface area contributed by atoms with Gasteiger partial charge in [-0.25, -0.2) is 9.37 Å². The van der Waals surface area contributed by atoms with E-state index in [4.69, 9.17) is 4.74 Å². The van der Waals surface area contributed by atoms with Gasteiger partial charge in [-0.05, 0) is 44.0 Å². The van der Waals surface area contributed by atoms with Gasteiger partial charge in [-0.15, -0.1) is 0 Å². The highest BCUT2D eigenvalue weighted by atomic mass is 19.4. The van der Waals surface area contributed by atoms with Crippen LogP contribution in [0.5, 0.6) is 5.88 Å². The van der Waals surface area contributed by atoms with E-state index in [1.807, 2.05) is 25.1 Å². The number of pyridine rings is 1. The summed E-state index contributed by atoms with van der Waals surface area (Å²) in [6.45, 7) is 5.53. The monoisotopic (exact) mass is 451 g/mol. The van der Waals surface area contributed by atoms with Crippen LogP contribution in [-0.4, -0.2) is 48.2 Å². The summed E-state index contributed by atoms with van der Waals surface area (Å²) in [5, 5.41) is 0. The lowest BCUT2D eigenvalue weighted by Gasteiger charge is -2.29. The molecule has 5 nitrogen and oxygen atoms in total. The second-order valence-electron chi connectivity index (χ2n) is 6.94. The van der Waals surface area contributed by atoms with Crippen molar-refractivity contribution in [1.29, 1.82) is 0 Å². The fourth-order valence-electron chi connectivity index (χ4n) is 3.15. The number of amides is 1. The Morgan fingerprint density at radius 3 is 2.47 bits per heavy atom. The van der Waals surface area contributed by atoms with Crippen molar-refractivity contribution in [3.8, 4) is 5.88 Å². The molecule has 0 saturated carbocycles. The van der Waals surface area contributed by atoms with E-state index in [1.165, 1.54) is 4.90 Å². The van der Waals surface area contributed by atoms with Crippen molar-refractivity contribution in [2.24, 2.45) is 4.99 Å². The van der Waals surface area contributed by atoms with E-state index in [9.17, 15) is 22.4 Å². The van der Waals surface area contributed by atoms with Crippen molar-refractivity contribution >= 4 is 17.7 Å². The second-order valence-corrected chi connectivity index (χ2v) is 6.94. The van der Waals surface area contributed by atoms with Crippen LogP contribution >= 0.6 is 0 Å². The molecule has 9 heteroatoms. The van der Waals surface area contributed by atoms with Crippen LogP contribution in [0, 0.1) is 5.82 Å². The molecule has 0 aliphatic carbocycles. The van der Waals surface area contributed by atoms with Crippen LogP contribution in [0.3, 0.4) is 0 Å². The SMILES string of the molecule is C/C=C(\C=N/C)c1ccccc1C(=O)N(CC)C(C)COc1ncc(C(F)(F)F)cc1F. The largest absolute Gasteiger partial charge is 0.473 e. The van der Waals surface area contributed by atoms with Gasteiger partial charge in [0.05, 0.1) is 11.6 Å². The lowest BCUT2D eigenvalue weighted by atomic mass is 9.98. The number of hydrogen-bond donors (Lipinski definition) is 0. The van der Waals surface area contributed by atoms with E-state index in [0.717, 1.165) is 5.57 Å². The zero-order chi connectivity index (χ0) is 23.9. The number of rotatable bonds is 8. The van der Waals surface area contributed by atoms with Crippen molar-refractivity contribution in [3.05, 3.63) is 65.1 Å². The number of ether oxygens (including phenoxy) is 1. The summed E-state index contributed by atoms with van der Waals surface area (Å²) in [5.74, 6) is -2.03. The number of alkyl halides is 3. The summed E-state index contributed by atoms with van der Waals surface area (Å²) in [7, 11) is 1.64. The van der Waals surface area contributed by atoms with Crippen LogP contribution in [0.25, 0.3) is 5.57 Å². The molecule has 1 atom stereocenters. The number of aliphatic imine (C=N–C) groups is 1. The smallest absolute Gasteiger partial charge is 0.417 e. The van der Waals surface area contributed by atoms with Crippen molar-refractivity contribution < 1.29 is 27.1 Å². The summed E-state index contributed by atoms with van der Waals surface area (Å²) in [6.07, 6.45) is -0.683. The highest BCUT2D eigenvalue weighted by Crippen LogP contribution is 2.30. The van der Waals surface area contributed by atoms with E-state index < -0.39 is 29.5 Å². The molecule has 2 aromatic rings. The van der Waals surface area contributed by atoms with Gasteiger partial charge in [0.2, 0.25) is 5.88 Å². The number of hydrogen-bond acceptors (Lipinski definition) is 4. The fourth-order valence-corrected chi connectivity index (χ4v) is 3.15. The van der Waals surface area contributed by atoms with E-state index in [2.05, 4.69) is 9.98 Å². The predicted octanol–water partition coefficient (Wildman–Crippen LogP) is 5.27. The number of likely N-dealkylation sites (N-methyl/N-ethyl adjacent to an activating group) is 1. The van der Waals surface area contributed by atoms with Crippen LogP contribution < -0.4 is 4.74 Å². The lowest BCUT2D eigenvalue weighted by Crippen LogP contribution is -2.42. The quantitative estimate of drug-likeness (QED) is 0.406. The molecule has 0 saturated heterocycles. The first-order chi connectivity index (χ1) is 15.1. The summed E-state index contributed by atoms with van der Waals surface area (Å²) in [4.78, 5) is 22.3. The van der Waals surface area contributed by atoms with E-state index in [-0.39, 0.29) is 12.5 Å².